The number of nitro groups is 1. The third-order valence-corrected chi connectivity index (χ3v) is 6.84. The van der Waals surface area contributed by atoms with Gasteiger partial charge in [-0.3, -0.25) is 19.7 Å². The topological polar surface area (TPSA) is 102 Å². The summed E-state index contributed by atoms with van der Waals surface area (Å²) in [5.41, 5.74) is 1.92. The van der Waals surface area contributed by atoms with Crippen LogP contribution in [0.5, 0.6) is 5.75 Å². The Morgan fingerprint density at radius 3 is 2.56 bits per heavy atom. The maximum atomic E-state index is 13.7. The average Bonchev–Trinajstić information content (AvgIpc) is 2.84. The van der Waals surface area contributed by atoms with Gasteiger partial charge in [-0.05, 0) is 48.6 Å². The number of methoxy groups -OCH3 is 1. The van der Waals surface area contributed by atoms with Gasteiger partial charge in [0.15, 0.2) is 5.75 Å². The Labute approximate surface area is 202 Å². The zero-order valence-corrected chi connectivity index (χ0v) is 20.0. The maximum absolute atomic E-state index is 13.7. The fourth-order valence-corrected chi connectivity index (χ4v) is 4.66. The molecule has 34 heavy (non-hydrogen) atoms. The van der Waals surface area contributed by atoms with Gasteiger partial charge in [-0.25, -0.2) is 4.39 Å². The predicted octanol–water partition coefficient (Wildman–Crippen LogP) is 3.84. The van der Waals surface area contributed by atoms with Crippen molar-refractivity contribution in [1.82, 2.24) is 10.2 Å². The molecule has 1 saturated heterocycles. The Morgan fingerprint density at radius 1 is 1.21 bits per heavy atom. The number of nitrogens with zero attached hydrogens (tertiary/aromatic N) is 2. The summed E-state index contributed by atoms with van der Waals surface area (Å²) in [5.74, 6) is 0.372. The number of nitro benzene ring substituents is 1. The van der Waals surface area contributed by atoms with E-state index in [4.69, 9.17) is 4.74 Å². The molecule has 1 aliphatic heterocycles. The second-order valence-electron chi connectivity index (χ2n) is 8.21. The van der Waals surface area contributed by atoms with E-state index in [0.29, 0.717) is 42.8 Å². The summed E-state index contributed by atoms with van der Waals surface area (Å²) < 4.78 is 18.7. The van der Waals surface area contributed by atoms with Crippen molar-refractivity contribution in [3.05, 3.63) is 69.0 Å². The molecule has 3 rings (SSSR count). The number of halogens is 1. The lowest BCUT2D eigenvalue weighted by Crippen LogP contribution is -2.43. The third kappa shape index (κ3) is 6.69. The van der Waals surface area contributed by atoms with Gasteiger partial charge in [0, 0.05) is 37.4 Å². The molecule has 1 aliphatic rings. The summed E-state index contributed by atoms with van der Waals surface area (Å²) in [7, 11) is 1.38. The molecule has 0 atom stereocenters. The summed E-state index contributed by atoms with van der Waals surface area (Å²) in [6, 6.07) is 9.68. The number of benzene rings is 2. The summed E-state index contributed by atoms with van der Waals surface area (Å²) in [6.07, 6.45) is 1.16. The van der Waals surface area contributed by atoms with Crippen LogP contribution in [0.4, 0.5) is 10.1 Å². The molecule has 0 bridgehead atoms. The minimum absolute atomic E-state index is 0.0120. The van der Waals surface area contributed by atoms with Crippen LogP contribution >= 0.6 is 11.8 Å². The largest absolute Gasteiger partial charge is 0.490 e. The number of rotatable bonds is 9. The van der Waals surface area contributed by atoms with Crippen LogP contribution in [0.1, 0.15) is 29.5 Å². The zero-order chi connectivity index (χ0) is 24.7. The first-order valence-electron chi connectivity index (χ1n) is 11.0. The first-order chi connectivity index (χ1) is 16.3. The van der Waals surface area contributed by atoms with E-state index in [9.17, 15) is 24.1 Å². The number of likely N-dealkylation sites (tertiary alicyclic amines) is 1. The Bertz CT molecular complexity index is 1060. The Hall–Kier alpha value is -3.14. The van der Waals surface area contributed by atoms with Crippen molar-refractivity contribution in [2.45, 2.75) is 32.1 Å². The zero-order valence-electron chi connectivity index (χ0n) is 19.2. The molecule has 10 heteroatoms. The SMILES string of the molecule is COc1ccc(CSCC(=O)N2CCC(C(=O)NCc3ccc(C)c(F)c3)CC2)cc1[N+](=O)[O-]. The van der Waals surface area contributed by atoms with Crippen LogP contribution in [0.25, 0.3) is 0 Å². The molecule has 1 heterocycles. The van der Waals surface area contributed by atoms with E-state index in [1.54, 1.807) is 36.1 Å². The van der Waals surface area contributed by atoms with Gasteiger partial charge in [0.25, 0.3) is 0 Å². The summed E-state index contributed by atoms with van der Waals surface area (Å²) in [5, 5.41) is 14.0. The first kappa shape index (κ1) is 25.5. The normalized spacial score (nSPS) is 14.0. The highest BCUT2D eigenvalue weighted by Gasteiger charge is 2.27. The van der Waals surface area contributed by atoms with Gasteiger partial charge < -0.3 is 15.0 Å². The number of piperidine rings is 1. The molecule has 0 saturated carbocycles. The second-order valence-corrected chi connectivity index (χ2v) is 9.20. The maximum Gasteiger partial charge on any atom is 0.311 e. The number of thioether (sulfide) groups is 1. The molecule has 2 aromatic carbocycles. The molecule has 2 amide bonds. The highest BCUT2D eigenvalue weighted by atomic mass is 32.2. The van der Waals surface area contributed by atoms with Crippen molar-refractivity contribution in [3.63, 3.8) is 0 Å². The fourth-order valence-electron chi connectivity index (χ4n) is 3.79. The van der Waals surface area contributed by atoms with Crippen LogP contribution < -0.4 is 10.1 Å². The highest BCUT2D eigenvalue weighted by molar-refractivity contribution is 7.99. The molecule has 2 aromatic rings. The van der Waals surface area contributed by atoms with Crippen molar-refractivity contribution in [3.8, 4) is 5.75 Å². The smallest absolute Gasteiger partial charge is 0.311 e. The van der Waals surface area contributed by atoms with Crippen LogP contribution in [0.15, 0.2) is 36.4 Å². The molecule has 8 nitrogen and oxygen atoms in total. The van der Waals surface area contributed by atoms with Crippen LogP contribution in [-0.2, 0) is 21.9 Å². The van der Waals surface area contributed by atoms with Crippen molar-refractivity contribution in [1.29, 1.82) is 0 Å². The number of nitrogens with one attached hydrogen (secondary N) is 1. The van der Waals surface area contributed by atoms with Gasteiger partial charge in [0.1, 0.15) is 5.82 Å². The van der Waals surface area contributed by atoms with Crippen LogP contribution in [-0.4, -0.2) is 47.6 Å². The van der Waals surface area contributed by atoms with Crippen molar-refractivity contribution in [2.75, 3.05) is 26.0 Å². The van der Waals surface area contributed by atoms with E-state index in [1.807, 2.05) is 0 Å². The predicted molar refractivity (Wildman–Crippen MR) is 128 cm³/mol. The van der Waals surface area contributed by atoms with E-state index in [0.717, 1.165) is 5.56 Å². The Balaban J connectivity index is 1.40. The minimum atomic E-state index is -0.489. The van der Waals surface area contributed by atoms with Gasteiger partial charge >= 0.3 is 5.69 Å². The lowest BCUT2D eigenvalue weighted by atomic mass is 9.96. The molecule has 1 N–H and O–H groups in total. The fraction of sp³-hybridized carbons (Fsp3) is 0.417. The molecule has 0 unspecified atom stereocenters. The molecule has 0 aliphatic carbocycles. The number of carbonyl (C=O) groups is 2. The third-order valence-electron chi connectivity index (χ3n) is 5.86. The van der Waals surface area contributed by atoms with Crippen molar-refractivity contribution < 1.29 is 23.6 Å². The average molecular weight is 490 g/mol. The van der Waals surface area contributed by atoms with E-state index in [1.165, 1.54) is 31.0 Å². The Kier molecular flexibility index (Phi) is 8.86. The van der Waals surface area contributed by atoms with E-state index < -0.39 is 4.92 Å². The number of carbonyl (C=O) groups excluding carboxylic acids is 2. The van der Waals surface area contributed by atoms with E-state index in [2.05, 4.69) is 5.32 Å². The summed E-state index contributed by atoms with van der Waals surface area (Å²) in [6.45, 7) is 2.97. The van der Waals surface area contributed by atoms with Gasteiger partial charge in [-0.1, -0.05) is 18.2 Å². The molecule has 0 spiro atoms. The molecular weight excluding hydrogens is 461 g/mol. The molecule has 1 fully saturated rings. The first-order valence-corrected chi connectivity index (χ1v) is 12.1. The molecule has 0 aromatic heterocycles. The van der Waals surface area contributed by atoms with Gasteiger partial charge in [0.05, 0.1) is 17.8 Å². The molecule has 0 radical (unpaired) electrons. The lowest BCUT2D eigenvalue weighted by Gasteiger charge is -2.31. The summed E-state index contributed by atoms with van der Waals surface area (Å²) in [4.78, 5) is 37.4. The van der Waals surface area contributed by atoms with Crippen molar-refractivity contribution in [2.24, 2.45) is 5.92 Å². The van der Waals surface area contributed by atoms with Gasteiger partial charge in [0.2, 0.25) is 11.8 Å². The standard InChI is InChI=1S/C24H28FN3O5S/c1-16-3-4-17(11-20(16)25)13-26-24(30)19-7-9-27(10-8-19)23(29)15-34-14-18-5-6-22(33-2)21(12-18)28(31)32/h3-6,11-12,19H,7-10,13-15H2,1-2H3,(H,26,30). The molecule has 182 valence electrons. The number of hydrogen-bond donors (Lipinski definition) is 1. The van der Waals surface area contributed by atoms with Crippen molar-refractivity contribution >= 4 is 29.3 Å². The van der Waals surface area contributed by atoms with Gasteiger partial charge in [-0.2, -0.15) is 0 Å². The summed E-state index contributed by atoms with van der Waals surface area (Å²) >= 11 is 1.39. The number of hydrogen-bond acceptors (Lipinski definition) is 6. The van der Waals surface area contributed by atoms with Gasteiger partial charge in [-0.15, -0.1) is 11.8 Å². The van der Waals surface area contributed by atoms with Crippen LogP contribution in [0.3, 0.4) is 0 Å². The van der Waals surface area contributed by atoms with E-state index >= 15 is 0 Å². The lowest BCUT2D eigenvalue weighted by molar-refractivity contribution is -0.385. The number of aryl methyl sites for hydroxylation is 1. The second kappa shape index (κ2) is 11.8. The number of ether oxygens (including phenoxy) is 1. The molecular formula is C24H28FN3O5S. The van der Waals surface area contributed by atoms with Crippen LogP contribution in [0.2, 0.25) is 0 Å². The monoisotopic (exact) mass is 489 g/mol. The number of amides is 2. The minimum Gasteiger partial charge on any atom is -0.490 e. The Morgan fingerprint density at radius 2 is 1.91 bits per heavy atom. The van der Waals surface area contributed by atoms with Crippen LogP contribution in [0, 0.1) is 28.8 Å². The van der Waals surface area contributed by atoms with E-state index in [-0.39, 0.29) is 47.3 Å². The highest BCUT2D eigenvalue weighted by Crippen LogP contribution is 2.29. The quantitative estimate of drug-likeness (QED) is 0.424.